The quantitative estimate of drug-likeness (QED) is 0.850. The van der Waals surface area contributed by atoms with Gasteiger partial charge in [-0.2, -0.15) is 0 Å². The van der Waals surface area contributed by atoms with E-state index >= 15 is 0 Å². The minimum Gasteiger partial charge on any atom is -0.339 e. The van der Waals surface area contributed by atoms with Crippen molar-refractivity contribution in [2.75, 3.05) is 39.3 Å². The smallest absolute Gasteiger partial charge is 0.226 e. The van der Waals surface area contributed by atoms with Crippen LogP contribution in [0, 0.1) is 17.3 Å². The Labute approximate surface area is 151 Å². The summed E-state index contributed by atoms with van der Waals surface area (Å²) in [5, 5.41) is 3.40. The Morgan fingerprint density at radius 1 is 0.920 bits per heavy atom. The van der Waals surface area contributed by atoms with Crippen LogP contribution in [-0.4, -0.2) is 60.9 Å². The summed E-state index contributed by atoms with van der Waals surface area (Å²) in [6.45, 7) is 5.07. The van der Waals surface area contributed by atoms with Crippen molar-refractivity contribution in [2.45, 2.75) is 57.8 Å². The van der Waals surface area contributed by atoms with E-state index in [4.69, 9.17) is 0 Å². The second-order valence-electron chi connectivity index (χ2n) is 8.78. The Kier molecular flexibility index (Phi) is 5.03. The molecule has 1 unspecified atom stereocenters. The highest BCUT2D eigenvalue weighted by Crippen LogP contribution is 2.59. The molecule has 4 aliphatic rings. The average Bonchev–Trinajstić information content (AvgIpc) is 3.35. The molecule has 2 saturated heterocycles. The Bertz CT molecular complexity index is 501. The first-order chi connectivity index (χ1) is 12.2. The molecular formula is C20H33N3O2. The van der Waals surface area contributed by atoms with Crippen molar-refractivity contribution in [3.05, 3.63) is 0 Å². The van der Waals surface area contributed by atoms with Crippen LogP contribution in [-0.2, 0) is 9.59 Å². The van der Waals surface area contributed by atoms with Crippen LogP contribution < -0.4 is 5.32 Å². The van der Waals surface area contributed by atoms with Crippen LogP contribution in [0.1, 0.15) is 57.8 Å². The first-order valence-electron chi connectivity index (χ1n) is 10.5. The van der Waals surface area contributed by atoms with E-state index in [1.165, 1.54) is 32.1 Å². The van der Waals surface area contributed by atoms with Gasteiger partial charge < -0.3 is 15.1 Å². The molecule has 0 radical (unpaired) electrons. The number of piperazine rings is 1. The lowest BCUT2D eigenvalue weighted by atomic mass is 9.86. The van der Waals surface area contributed by atoms with Gasteiger partial charge in [0.2, 0.25) is 11.8 Å². The highest BCUT2D eigenvalue weighted by molar-refractivity contribution is 5.83. The minimum absolute atomic E-state index is 0.263. The predicted octanol–water partition coefficient (Wildman–Crippen LogP) is 2.02. The van der Waals surface area contributed by atoms with Gasteiger partial charge in [-0.05, 0) is 56.5 Å². The van der Waals surface area contributed by atoms with Gasteiger partial charge in [-0.1, -0.05) is 19.3 Å². The predicted molar refractivity (Wildman–Crippen MR) is 97.0 cm³/mol. The lowest BCUT2D eigenvalue weighted by Crippen LogP contribution is -2.51. The second kappa shape index (κ2) is 7.26. The van der Waals surface area contributed by atoms with Crippen LogP contribution in [0.5, 0.6) is 0 Å². The van der Waals surface area contributed by atoms with Crippen LogP contribution in [0.2, 0.25) is 0 Å². The number of hydrogen-bond donors (Lipinski definition) is 1. The van der Waals surface area contributed by atoms with Crippen LogP contribution in [0.4, 0.5) is 0 Å². The van der Waals surface area contributed by atoms with Gasteiger partial charge in [-0.15, -0.1) is 0 Å². The number of rotatable bonds is 3. The maximum Gasteiger partial charge on any atom is 0.226 e. The molecule has 2 heterocycles. The Balaban J connectivity index is 1.23. The van der Waals surface area contributed by atoms with Crippen molar-refractivity contribution in [1.29, 1.82) is 0 Å². The molecule has 5 heteroatoms. The lowest BCUT2D eigenvalue weighted by molar-refractivity contribution is -0.141. The molecule has 4 rings (SSSR count). The molecule has 4 fully saturated rings. The van der Waals surface area contributed by atoms with Crippen LogP contribution in [0.25, 0.3) is 0 Å². The molecule has 1 atom stereocenters. The summed E-state index contributed by atoms with van der Waals surface area (Å²) >= 11 is 0. The summed E-state index contributed by atoms with van der Waals surface area (Å²) in [5.74, 6) is 1.55. The Morgan fingerprint density at radius 2 is 1.56 bits per heavy atom. The van der Waals surface area contributed by atoms with Gasteiger partial charge in [-0.3, -0.25) is 9.59 Å². The third-order valence-corrected chi connectivity index (χ3v) is 7.22. The van der Waals surface area contributed by atoms with Gasteiger partial charge in [0.25, 0.3) is 0 Å². The standard InChI is InChI=1S/C20H33N3O2/c24-18(14-16-4-2-1-3-5-16)22-10-12-23(13-11-22)19(25)17-15-20(17)6-8-21-9-7-20/h16-17,21H,1-15H2. The van der Waals surface area contributed by atoms with Gasteiger partial charge in [0.1, 0.15) is 0 Å². The topological polar surface area (TPSA) is 52.7 Å². The normalized spacial score (nSPS) is 29.7. The monoisotopic (exact) mass is 347 g/mol. The maximum absolute atomic E-state index is 12.8. The summed E-state index contributed by atoms with van der Waals surface area (Å²) in [6.07, 6.45) is 10.5. The molecule has 0 aromatic rings. The Morgan fingerprint density at radius 3 is 2.24 bits per heavy atom. The average molecular weight is 348 g/mol. The zero-order valence-corrected chi connectivity index (χ0v) is 15.5. The number of amides is 2. The van der Waals surface area contributed by atoms with Crippen LogP contribution in [0.3, 0.4) is 0 Å². The summed E-state index contributed by atoms with van der Waals surface area (Å²) in [7, 11) is 0. The highest BCUT2D eigenvalue weighted by Gasteiger charge is 2.58. The first-order valence-corrected chi connectivity index (χ1v) is 10.5. The molecule has 140 valence electrons. The van der Waals surface area contributed by atoms with Gasteiger partial charge in [0.05, 0.1) is 0 Å². The number of carbonyl (C=O) groups is 2. The van der Waals surface area contributed by atoms with E-state index in [0.717, 1.165) is 65.0 Å². The molecule has 2 aliphatic carbocycles. The number of nitrogens with one attached hydrogen (secondary N) is 1. The zero-order chi connectivity index (χ0) is 17.3. The van der Waals surface area contributed by atoms with Gasteiger partial charge in [0, 0.05) is 38.5 Å². The summed E-state index contributed by atoms with van der Waals surface area (Å²) < 4.78 is 0. The summed E-state index contributed by atoms with van der Waals surface area (Å²) in [5.41, 5.74) is 0.316. The van der Waals surface area contributed by atoms with Gasteiger partial charge in [0.15, 0.2) is 0 Å². The second-order valence-corrected chi connectivity index (χ2v) is 8.78. The fraction of sp³-hybridized carbons (Fsp3) is 0.900. The molecule has 1 spiro atoms. The Hall–Kier alpha value is -1.10. The van der Waals surface area contributed by atoms with Crippen LogP contribution >= 0.6 is 0 Å². The minimum atomic E-state index is 0.263. The SMILES string of the molecule is O=C(CC1CCCCC1)N1CCN(C(=O)C2CC23CCNCC3)CC1. The molecular weight excluding hydrogens is 314 g/mol. The maximum atomic E-state index is 12.8. The molecule has 2 aliphatic heterocycles. The third-order valence-electron chi connectivity index (χ3n) is 7.22. The van der Waals surface area contributed by atoms with Crippen molar-refractivity contribution in [1.82, 2.24) is 15.1 Å². The van der Waals surface area contributed by atoms with Crippen molar-refractivity contribution < 1.29 is 9.59 Å². The zero-order valence-electron chi connectivity index (χ0n) is 15.5. The largest absolute Gasteiger partial charge is 0.339 e. The molecule has 5 nitrogen and oxygen atoms in total. The molecule has 1 N–H and O–H groups in total. The molecule has 0 bridgehead atoms. The van der Waals surface area contributed by atoms with E-state index in [1.54, 1.807) is 0 Å². The number of carbonyl (C=O) groups excluding carboxylic acids is 2. The molecule has 2 amide bonds. The molecule has 0 aromatic heterocycles. The molecule has 0 aromatic carbocycles. The van der Waals surface area contributed by atoms with Gasteiger partial charge >= 0.3 is 0 Å². The van der Waals surface area contributed by atoms with E-state index in [9.17, 15) is 9.59 Å². The van der Waals surface area contributed by atoms with E-state index in [-0.39, 0.29) is 5.92 Å². The van der Waals surface area contributed by atoms with Crippen molar-refractivity contribution in [2.24, 2.45) is 17.3 Å². The molecule has 2 saturated carbocycles. The van der Waals surface area contributed by atoms with Crippen molar-refractivity contribution in [3.8, 4) is 0 Å². The summed E-state index contributed by atoms with van der Waals surface area (Å²) in [6, 6.07) is 0. The van der Waals surface area contributed by atoms with E-state index in [2.05, 4.69) is 5.32 Å². The van der Waals surface area contributed by atoms with Crippen LogP contribution in [0.15, 0.2) is 0 Å². The fourth-order valence-corrected chi connectivity index (χ4v) is 5.34. The lowest BCUT2D eigenvalue weighted by Gasteiger charge is -2.36. The van der Waals surface area contributed by atoms with Crippen molar-refractivity contribution >= 4 is 11.8 Å². The summed E-state index contributed by atoms with van der Waals surface area (Å²) in [4.78, 5) is 29.4. The highest BCUT2D eigenvalue weighted by atomic mass is 16.2. The van der Waals surface area contributed by atoms with E-state index in [0.29, 0.717) is 23.1 Å². The molecule has 25 heavy (non-hydrogen) atoms. The third kappa shape index (κ3) is 3.71. The van der Waals surface area contributed by atoms with Crippen molar-refractivity contribution in [3.63, 3.8) is 0 Å². The van der Waals surface area contributed by atoms with E-state index < -0.39 is 0 Å². The van der Waals surface area contributed by atoms with E-state index in [1.807, 2.05) is 9.80 Å². The number of hydrogen-bond acceptors (Lipinski definition) is 3. The number of piperidine rings is 1. The first kappa shape index (κ1) is 17.3. The van der Waals surface area contributed by atoms with Gasteiger partial charge in [-0.25, -0.2) is 0 Å². The fourth-order valence-electron chi connectivity index (χ4n) is 5.34. The number of nitrogens with zero attached hydrogens (tertiary/aromatic N) is 2.